The van der Waals surface area contributed by atoms with E-state index in [4.69, 9.17) is 0 Å². The summed E-state index contributed by atoms with van der Waals surface area (Å²) in [7, 11) is 1.92. The molecule has 2 aromatic rings. The van der Waals surface area contributed by atoms with E-state index >= 15 is 0 Å². The van der Waals surface area contributed by atoms with Crippen molar-refractivity contribution in [3.8, 4) is 0 Å². The smallest absolute Gasteiger partial charge is 0.257 e. The third kappa shape index (κ3) is 4.67. The van der Waals surface area contributed by atoms with Crippen LogP contribution in [0.5, 0.6) is 0 Å². The number of amides is 2. The molecule has 8 nitrogen and oxygen atoms in total. The zero-order valence-electron chi connectivity index (χ0n) is 18.7. The highest BCUT2D eigenvalue weighted by molar-refractivity contribution is 5.96. The summed E-state index contributed by atoms with van der Waals surface area (Å²) in [6.45, 7) is 4.22. The highest BCUT2D eigenvalue weighted by Crippen LogP contribution is 2.30. The van der Waals surface area contributed by atoms with Crippen molar-refractivity contribution in [1.29, 1.82) is 0 Å². The lowest BCUT2D eigenvalue weighted by Gasteiger charge is -2.34. The maximum Gasteiger partial charge on any atom is 0.257 e. The maximum absolute atomic E-state index is 13.2. The monoisotopic (exact) mass is 426 g/mol. The van der Waals surface area contributed by atoms with Gasteiger partial charge in [0.25, 0.3) is 11.8 Å². The molecule has 1 saturated carbocycles. The molecule has 2 aliphatic rings. The van der Waals surface area contributed by atoms with Gasteiger partial charge in [0.05, 0.1) is 29.2 Å². The number of aromatic amines is 1. The SMILES string of the molecule is CCCn1cc(C(=O)N2CCC[C@@H](c3[nH]ncc3C(=O)N(C)C3CCCCC3)C2)cn1. The Bertz CT molecular complexity index is 898. The van der Waals surface area contributed by atoms with Crippen molar-refractivity contribution in [1.82, 2.24) is 29.8 Å². The Morgan fingerprint density at radius 3 is 2.74 bits per heavy atom. The summed E-state index contributed by atoms with van der Waals surface area (Å²) in [5.41, 5.74) is 2.15. The zero-order valence-corrected chi connectivity index (χ0v) is 18.7. The van der Waals surface area contributed by atoms with Gasteiger partial charge in [-0.1, -0.05) is 26.2 Å². The fourth-order valence-electron chi connectivity index (χ4n) is 5.01. The number of rotatable bonds is 6. The van der Waals surface area contributed by atoms with Crippen LogP contribution in [-0.4, -0.2) is 67.8 Å². The number of likely N-dealkylation sites (tertiary alicyclic amines) is 1. The fourth-order valence-corrected chi connectivity index (χ4v) is 5.01. The van der Waals surface area contributed by atoms with Gasteiger partial charge in [-0.3, -0.25) is 19.4 Å². The first-order valence-corrected chi connectivity index (χ1v) is 11.7. The number of nitrogens with one attached hydrogen (secondary N) is 1. The predicted molar refractivity (Wildman–Crippen MR) is 118 cm³/mol. The van der Waals surface area contributed by atoms with Gasteiger partial charge in [-0.25, -0.2) is 0 Å². The van der Waals surface area contributed by atoms with Crippen LogP contribution in [0.4, 0.5) is 0 Å². The Morgan fingerprint density at radius 2 is 1.97 bits per heavy atom. The lowest BCUT2D eigenvalue weighted by Crippen LogP contribution is -2.41. The molecule has 2 fully saturated rings. The average Bonchev–Trinajstić information content (AvgIpc) is 3.48. The van der Waals surface area contributed by atoms with Crippen LogP contribution in [0.15, 0.2) is 18.6 Å². The Labute approximate surface area is 184 Å². The summed E-state index contributed by atoms with van der Waals surface area (Å²) < 4.78 is 1.82. The van der Waals surface area contributed by atoms with Crippen molar-refractivity contribution >= 4 is 11.8 Å². The maximum atomic E-state index is 13.2. The van der Waals surface area contributed by atoms with Crippen molar-refractivity contribution in [3.05, 3.63) is 35.4 Å². The Morgan fingerprint density at radius 1 is 1.16 bits per heavy atom. The summed E-state index contributed by atoms with van der Waals surface area (Å²) in [4.78, 5) is 30.1. The van der Waals surface area contributed by atoms with Gasteiger partial charge in [0.2, 0.25) is 0 Å². The number of H-pyrrole nitrogens is 1. The second kappa shape index (κ2) is 9.66. The minimum absolute atomic E-state index is 0.0127. The molecule has 3 heterocycles. The van der Waals surface area contributed by atoms with Gasteiger partial charge in [-0.05, 0) is 32.1 Å². The number of carbonyl (C=O) groups excluding carboxylic acids is 2. The Kier molecular flexibility index (Phi) is 6.73. The molecule has 31 heavy (non-hydrogen) atoms. The molecule has 1 atom stereocenters. The van der Waals surface area contributed by atoms with Crippen LogP contribution in [0.2, 0.25) is 0 Å². The van der Waals surface area contributed by atoms with Gasteiger partial charge in [-0.15, -0.1) is 0 Å². The number of piperidine rings is 1. The average molecular weight is 427 g/mol. The second-order valence-electron chi connectivity index (χ2n) is 8.99. The summed E-state index contributed by atoms with van der Waals surface area (Å²) in [5, 5.41) is 11.6. The van der Waals surface area contributed by atoms with E-state index in [9.17, 15) is 9.59 Å². The highest BCUT2D eigenvalue weighted by Gasteiger charge is 2.32. The lowest BCUT2D eigenvalue weighted by atomic mass is 9.91. The van der Waals surface area contributed by atoms with E-state index in [1.165, 1.54) is 19.3 Å². The van der Waals surface area contributed by atoms with E-state index < -0.39 is 0 Å². The van der Waals surface area contributed by atoms with Crippen LogP contribution >= 0.6 is 0 Å². The van der Waals surface area contributed by atoms with E-state index in [1.54, 1.807) is 12.4 Å². The van der Waals surface area contributed by atoms with E-state index in [0.717, 1.165) is 50.9 Å². The Hall–Kier alpha value is -2.64. The molecule has 168 valence electrons. The molecule has 2 amide bonds. The van der Waals surface area contributed by atoms with Gasteiger partial charge in [0.15, 0.2) is 0 Å². The minimum Gasteiger partial charge on any atom is -0.339 e. The number of aryl methyl sites for hydroxylation is 1. The lowest BCUT2D eigenvalue weighted by molar-refractivity contribution is 0.0690. The first-order valence-electron chi connectivity index (χ1n) is 11.7. The van der Waals surface area contributed by atoms with Gasteiger partial charge < -0.3 is 9.80 Å². The molecular weight excluding hydrogens is 392 g/mol. The van der Waals surface area contributed by atoms with Crippen LogP contribution < -0.4 is 0 Å². The molecule has 8 heteroatoms. The molecule has 2 aromatic heterocycles. The number of carbonyl (C=O) groups is 2. The van der Waals surface area contributed by atoms with Crippen LogP contribution in [-0.2, 0) is 6.54 Å². The zero-order chi connectivity index (χ0) is 21.8. The number of aromatic nitrogens is 4. The summed E-state index contributed by atoms with van der Waals surface area (Å²) in [6, 6.07) is 0.313. The largest absolute Gasteiger partial charge is 0.339 e. The van der Waals surface area contributed by atoms with E-state index in [1.807, 2.05) is 27.7 Å². The molecule has 1 aliphatic carbocycles. The normalized spacial score (nSPS) is 20.1. The minimum atomic E-state index is 0.0127. The molecule has 0 spiro atoms. The van der Waals surface area contributed by atoms with Gasteiger partial charge >= 0.3 is 0 Å². The molecular formula is C23H34N6O2. The number of hydrogen-bond acceptors (Lipinski definition) is 4. The standard InChI is InChI=1S/C23H34N6O2/c1-3-11-29-16-18(13-25-29)22(30)28-12-7-8-17(15-28)21-20(14-24-26-21)23(31)27(2)19-9-5-4-6-10-19/h13-14,16-17,19H,3-12,15H2,1-2H3,(H,24,26)/t17-/m1/s1. The van der Waals surface area contributed by atoms with Crippen molar-refractivity contribution in [2.24, 2.45) is 0 Å². The van der Waals surface area contributed by atoms with Crippen molar-refractivity contribution < 1.29 is 9.59 Å². The predicted octanol–water partition coefficient (Wildman–Crippen LogP) is 3.44. The van der Waals surface area contributed by atoms with Gasteiger partial charge in [-0.2, -0.15) is 10.2 Å². The fraction of sp³-hybridized carbons (Fsp3) is 0.652. The molecule has 1 saturated heterocycles. The van der Waals surface area contributed by atoms with Crippen LogP contribution in [0, 0.1) is 0 Å². The molecule has 0 aromatic carbocycles. The molecule has 4 rings (SSSR count). The van der Waals surface area contributed by atoms with Crippen molar-refractivity contribution in [2.75, 3.05) is 20.1 Å². The number of hydrogen-bond donors (Lipinski definition) is 1. The van der Waals surface area contributed by atoms with Gasteiger partial charge in [0, 0.05) is 44.8 Å². The Balaban J connectivity index is 1.45. The molecule has 0 bridgehead atoms. The van der Waals surface area contributed by atoms with E-state index in [2.05, 4.69) is 22.2 Å². The summed E-state index contributed by atoms with van der Waals surface area (Å²) >= 11 is 0. The number of nitrogens with zero attached hydrogens (tertiary/aromatic N) is 5. The third-order valence-electron chi connectivity index (χ3n) is 6.79. The molecule has 0 unspecified atom stereocenters. The summed E-state index contributed by atoms with van der Waals surface area (Å²) in [6.07, 6.45) is 13.8. The van der Waals surface area contributed by atoms with Crippen molar-refractivity contribution in [2.45, 2.75) is 76.8 Å². The van der Waals surface area contributed by atoms with Crippen molar-refractivity contribution in [3.63, 3.8) is 0 Å². The highest BCUT2D eigenvalue weighted by atomic mass is 16.2. The second-order valence-corrected chi connectivity index (χ2v) is 8.99. The van der Waals surface area contributed by atoms with E-state index in [0.29, 0.717) is 23.7 Å². The van der Waals surface area contributed by atoms with Crippen LogP contribution in [0.3, 0.4) is 0 Å². The van der Waals surface area contributed by atoms with Crippen LogP contribution in [0.25, 0.3) is 0 Å². The first kappa shape index (κ1) is 21.6. The molecule has 0 radical (unpaired) electrons. The van der Waals surface area contributed by atoms with E-state index in [-0.39, 0.29) is 17.7 Å². The van der Waals surface area contributed by atoms with Gasteiger partial charge in [0.1, 0.15) is 0 Å². The summed E-state index contributed by atoms with van der Waals surface area (Å²) in [5.74, 6) is 0.142. The topological polar surface area (TPSA) is 87.1 Å². The third-order valence-corrected chi connectivity index (χ3v) is 6.79. The molecule has 1 N–H and O–H groups in total. The quantitative estimate of drug-likeness (QED) is 0.766. The molecule has 1 aliphatic heterocycles. The van der Waals surface area contributed by atoms with Crippen LogP contribution in [0.1, 0.15) is 90.6 Å². The first-order chi connectivity index (χ1) is 15.1.